The van der Waals surface area contributed by atoms with Gasteiger partial charge < -0.3 is 10.1 Å². The average Bonchev–Trinajstić information content (AvgIpc) is 2.35. The Morgan fingerprint density at radius 3 is 2.43 bits per heavy atom. The fraction of sp³-hybridized carbons (Fsp3) is 0.667. The predicted molar refractivity (Wildman–Crippen MR) is 92.8 cm³/mol. The zero-order chi connectivity index (χ0) is 16.0. The third-order valence-corrected chi connectivity index (χ3v) is 3.80. The molecule has 120 valence electrons. The monoisotopic (exact) mass is 311 g/mol. The molecular weight excluding hydrogens is 282 g/mol. The van der Waals surface area contributed by atoms with Crippen molar-refractivity contribution in [1.29, 1.82) is 0 Å². The molecule has 0 saturated carbocycles. The number of unbranched alkanes of at least 4 members (excludes halogenated alkanes) is 1. The van der Waals surface area contributed by atoms with Crippen LogP contribution in [0.5, 0.6) is 5.75 Å². The van der Waals surface area contributed by atoms with Crippen LogP contribution in [0.2, 0.25) is 5.02 Å². The van der Waals surface area contributed by atoms with Crippen molar-refractivity contribution < 1.29 is 4.74 Å². The number of hydrogen-bond donors (Lipinski definition) is 1. The molecule has 0 amide bonds. The summed E-state index contributed by atoms with van der Waals surface area (Å²) in [5.41, 5.74) is 2.46. The maximum atomic E-state index is 6.21. The van der Waals surface area contributed by atoms with Crippen LogP contribution in [0.3, 0.4) is 0 Å². The van der Waals surface area contributed by atoms with E-state index < -0.39 is 0 Å². The highest BCUT2D eigenvalue weighted by atomic mass is 35.5. The Labute approximate surface area is 135 Å². The zero-order valence-electron chi connectivity index (χ0n) is 14.3. The van der Waals surface area contributed by atoms with Crippen LogP contribution in [-0.4, -0.2) is 18.7 Å². The Kier molecular flexibility index (Phi) is 7.02. The maximum Gasteiger partial charge on any atom is 0.123 e. The van der Waals surface area contributed by atoms with Crippen LogP contribution in [0.4, 0.5) is 0 Å². The molecule has 3 heteroatoms. The standard InChI is InChI=1S/C18H30ClNO/c1-13(2)15-12-16(19)14(3)11-17(15)21-10-8-7-9-20-18(4,5)6/h11-13,20H,7-10H2,1-6H3. The van der Waals surface area contributed by atoms with Gasteiger partial charge in [0.1, 0.15) is 5.75 Å². The highest BCUT2D eigenvalue weighted by molar-refractivity contribution is 6.31. The molecule has 0 saturated heterocycles. The number of rotatable bonds is 7. The molecule has 1 N–H and O–H groups in total. The molecule has 0 heterocycles. The van der Waals surface area contributed by atoms with Crippen LogP contribution in [-0.2, 0) is 0 Å². The van der Waals surface area contributed by atoms with Crippen molar-refractivity contribution in [3.8, 4) is 5.75 Å². The fourth-order valence-corrected chi connectivity index (χ4v) is 2.29. The van der Waals surface area contributed by atoms with E-state index >= 15 is 0 Å². The highest BCUT2D eigenvalue weighted by Gasteiger charge is 2.11. The lowest BCUT2D eigenvalue weighted by atomic mass is 10.0. The quantitative estimate of drug-likeness (QED) is 0.688. The third-order valence-electron chi connectivity index (χ3n) is 3.40. The molecule has 1 rings (SSSR count). The fourth-order valence-electron chi connectivity index (χ4n) is 2.12. The van der Waals surface area contributed by atoms with Gasteiger partial charge in [0.05, 0.1) is 6.61 Å². The van der Waals surface area contributed by atoms with E-state index in [0.29, 0.717) is 5.92 Å². The molecule has 0 fully saturated rings. The van der Waals surface area contributed by atoms with E-state index in [0.717, 1.165) is 42.3 Å². The normalized spacial score (nSPS) is 12.0. The lowest BCUT2D eigenvalue weighted by Gasteiger charge is -2.20. The lowest BCUT2D eigenvalue weighted by molar-refractivity contribution is 0.297. The van der Waals surface area contributed by atoms with Gasteiger partial charge in [-0.1, -0.05) is 25.4 Å². The van der Waals surface area contributed by atoms with Crippen LogP contribution < -0.4 is 10.1 Å². The number of hydrogen-bond acceptors (Lipinski definition) is 2. The molecule has 0 bridgehead atoms. The summed E-state index contributed by atoms with van der Waals surface area (Å²) >= 11 is 6.21. The van der Waals surface area contributed by atoms with Gasteiger partial charge in [0, 0.05) is 10.6 Å². The first kappa shape index (κ1) is 18.3. The number of nitrogens with one attached hydrogen (secondary N) is 1. The molecule has 0 radical (unpaired) electrons. The largest absolute Gasteiger partial charge is 0.493 e. The second kappa shape index (κ2) is 8.05. The Morgan fingerprint density at radius 1 is 1.19 bits per heavy atom. The minimum absolute atomic E-state index is 0.193. The van der Waals surface area contributed by atoms with Crippen LogP contribution in [0.15, 0.2) is 12.1 Å². The first-order valence-electron chi connectivity index (χ1n) is 7.88. The molecule has 0 aromatic heterocycles. The Morgan fingerprint density at radius 2 is 1.86 bits per heavy atom. The molecule has 0 unspecified atom stereocenters. The summed E-state index contributed by atoms with van der Waals surface area (Å²) in [5, 5.41) is 4.31. The van der Waals surface area contributed by atoms with Gasteiger partial charge >= 0.3 is 0 Å². The van der Waals surface area contributed by atoms with Crippen molar-refractivity contribution in [2.24, 2.45) is 0 Å². The average molecular weight is 312 g/mol. The van der Waals surface area contributed by atoms with E-state index in [1.54, 1.807) is 0 Å². The van der Waals surface area contributed by atoms with Crippen LogP contribution in [0.1, 0.15) is 64.5 Å². The number of aryl methyl sites for hydroxylation is 1. The molecule has 0 aliphatic heterocycles. The lowest BCUT2D eigenvalue weighted by Crippen LogP contribution is -2.36. The zero-order valence-corrected chi connectivity index (χ0v) is 15.1. The molecule has 0 aliphatic rings. The molecular formula is C18H30ClNO. The van der Waals surface area contributed by atoms with Crippen molar-refractivity contribution in [3.63, 3.8) is 0 Å². The van der Waals surface area contributed by atoms with E-state index in [4.69, 9.17) is 16.3 Å². The minimum atomic E-state index is 0.193. The first-order chi connectivity index (χ1) is 9.70. The second-order valence-corrected chi connectivity index (χ2v) is 7.43. The smallest absolute Gasteiger partial charge is 0.123 e. The van der Waals surface area contributed by atoms with Crippen molar-refractivity contribution in [1.82, 2.24) is 5.32 Å². The summed E-state index contributed by atoms with van der Waals surface area (Å²) in [4.78, 5) is 0. The van der Waals surface area contributed by atoms with Gasteiger partial charge in [0.15, 0.2) is 0 Å². The summed E-state index contributed by atoms with van der Waals surface area (Å²) in [6.07, 6.45) is 2.18. The van der Waals surface area contributed by atoms with Crippen LogP contribution in [0, 0.1) is 6.92 Å². The van der Waals surface area contributed by atoms with E-state index in [2.05, 4.69) is 46.0 Å². The minimum Gasteiger partial charge on any atom is -0.493 e. The van der Waals surface area contributed by atoms with E-state index in [1.807, 2.05) is 13.0 Å². The van der Waals surface area contributed by atoms with E-state index in [9.17, 15) is 0 Å². The molecule has 1 aromatic carbocycles. The Balaban J connectivity index is 2.46. The van der Waals surface area contributed by atoms with Gasteiger partial charge in [-0.3, -0.25) is 0 Å². The molecule has 2 nitrogen and oxygen atoms in total. The highest BCUT2D eigenvalue weighted by Crippen LogP contribution is 2.32. The first-order valence-corrected chi connectivity index (χ1v) is 8.26. The van der Waals surface area contributed by atoms with Gasteiger partial charge in [0.2, 0.25) is 0 Å². The molecule has 1 aromatic rings. The molecule has 0 spiro atoms. The summed E-state index contributed by atoms with van der Waals surface area (Å²) in [6.45, 7) is 14.7. The van der Waals surface area contributed by atoms with Crippen molar-refractivity contribution in [3.05, 3.63) is 28.3 Å². The number of ether oxygens (including phenoxy) is 1. The Bertz CT molecular complexity index is 449. The van der Waals surface area contributed by atoms with Crippen molar-refractivity contribution >= 4 is 11.6 Å². The topological polar surface area (TPSA) is 21.3 Å². The summed E-state index contributed by atoms with van der Waals surface area (Å²) in [6, 6.07) is 4.10. The van der Waals surface area contributed by atoms with Crippen LogP contribution in [0.25, 0.3) is 0 Å². The molecule has 0 aliphatic carbocycles. The maximum absolute atomic E-state index is 6.21. The van der Waals surface area contributed by atoms with Crippen molar-refractivity contribution in [2.75, 3.05) is 13.2 Å². The SMILES string of the molecule is Cc1cc(OCCCCNC(C)(C)C)c(C(C)C)cc1Cl. The van der Waals surface area contributed by atoms with Gasteiger partial charge in [0.25, 0.3) is 0 Å². The predicted octanol–water partition coefficient (Wildman–Crippen LogP) is 5.32. The van der Waals surface area contributed by atoms with E-state index in [-0.39, 0.29) is 5.54 Å². The Hall–Kier alpha value is -0.730. The van der Waals surface area contributed by atoms with Gasteiger partial charge in [-0.15, -0.1) is 0 Å². The molecule has 0 atom stereocenters. The summed E-state index contributed by atoms with van der Waals surface area (Å²) in [7, 11) is 0. The van der Waals surface area contributed by atoms with E-state index in [1.165, 1.54) is 5.56 Å². The van der Waals surface area contributed by atoms with Gasteiger partial charge in [-0.2, -0.15) is 0 Å². The van der Waals surface area contributed by atoms with Crippen LogP contribution >= 0.6 is 11.6 Å². The third kappa shape index (κ3) is 6.71. The number of benzene rings is 1. The van der Waals surface area contributed by atoms with Crippen molar-refractivity contribution in [2.45, 2.75) is 65.8 Å². The van der Waals surface area contributed by atoms with Gasteiger partial charge in [-0.25, -0.2) is 0 Å². The van der Waals surface area contributed by atoms with Gasteiger partial charge in [-0.05, 0) is 76.3 Å². The summed E-state index contributed by atoms with van der Waals surface area (Å²) in [5.74, 6) is 1.40. The molecule has 21 heavy (non-hydrogen) atoms. The summed E-state index contributed by atoms with van der Waals surface area (Å²) < 4.78 is 5.98. The number of halogens is 1. The second-order valence-electron chi connectivity index (χ2n) is 7.03.